The molecule has 0 saturated heterocycles. The summed E-state index contributed by atoms with van der Waals surface area (Å²) < 4.78 is 11.3. The number of ether oxygens (including phenoxy) is 2. The number of hydrogen-bond donors (Lipinski definition) is 1. The Hall–Kier alpha value is -0.580. The molecule has 0 heterocycles. The van der Waals surface area contributed by atoms with Gasteiger partial charge in [0.2, 0.25) is 0 Å². The van der Waals surface area contributed by atoms with Gasteiger partial charge in [0.25, 0.3) is 0 Å². The lowest BCUT2D eigenvalue weighted by Crippen LogP contribution is -2.20. The van der Waals surface area contributed by atoms with Crippen LogP contribution in [0.15, 0.2) is 22.7 Å². The fraction of sp³-hybridized carbons (Fsp3) is 0.625. The number of unbranched alkanes of at least 4 members (excludes halogenated alkanes) is 3. The molecular weight excluding hydrogens is 318 g/mol. The first-order valence-corrected chi connectivity index (χ1v) is 8.09. The molecular formula is C16H26BrNO2. The molecule has 1 aromatic carbocycles. The first kappa shape index (κ1) is 17.5. The molecule has 0 bridgehead atoms. The predicted molar refractivity (Wildman–Crippen MR) is 87.6 cm³/mol. The average molecular weight is 344 g/mol. The number of rotatable bonds is 11. The van der Waals surface area contributed by atoms with Crippen molar-refractivity contribution < 1.29 is 9.47 Å². The Labute approximate surface area is 131 Å². The zero-order valence-corrected chi connectivity index (χ0v) is 14.2. The van der Waals surface area contributed by atoms with E-state index in [1.807, 2.05) is 12.1 Å². The summed E-state index contributed by atoms with van der Waals surface area (Å²) in [7, 11) is 3.43. The average Bonchev–Trinajstić information content (AvgIpc) is 2.47. The van der Waals surface area contributed by atoms with E-state index in [0.717, 1.165) is 36.3 Å². The molecule has 20 heavy (non-hydrogen) atoms. The molecule has 0 atom stereocenters. The van der Waals surface area contributed by atoms with Gasteiger partial charge in [0, 0.05) is 18.1 Å². The largest absolute Gasteiger partial charge is 0.497 e. The smallest absolute Gasteiger partial charge is 0.120 e. The molecule has 3 nitrogen and oxygen atoms in total. The zero-order chi connectivity index (χ0) is 14.6. The van der Waals surface area contributed by atoms with Crippen LogP contribution < -0.4 is 10.1 Å². The van der Waals surface area contributed by atoms with Crippen molar-refractivity contribution in [1.29, 1.82) is 0 Å². The second kappa shape index (κ2) is 11.1. The minimum absolute atomic E-state index is 0.797. The summed E-state index contributed by atoms with van der Waals surface area (Å²) in [6, 6.07) is 6.21. The van der Waals surface area contributed by atoms with Gasteiger partial charge in [-0.25, -0.2) is 0 Å². The lowest BCUT2D eigenvalue weighted by Gasteiger charge is -2.07. The van der Waals surface area contributed by atoms with Gasteiger partial charge in [-0.15, -0.1) is 0 Å². The second-order valence-corrected chi connectivity index (χ2v) is 5.72. The third-order valence-corrected chi connectivity index (χ3v) is 4.03. The molecule has 0 unspecified atom stereocenters. The number of aryl methyl sites for hydroxylation is 1. The molecule has 0 aliphatic carbocycles. The number of halogens is 1. The van der Waals surface area contributed by atoms with Crippen LogP contribution in [0.3, 0.4) is 0 Å². The van der Waals surface area contributed by atoms with Crippen molar-refractivity contribution in [2.24, 2.45) is 0 Å². The quantitative estimate of drug-likeness (QED) is 0.620. The highest BCUT2D eigenvalue weighted by atomic mass is 79.9. The van der Waals surface area contributed by atoms with Gasteiger partial charge in [0.1, 0.15) is 5.75 Å². The molecule has 0 saturated carbocycles. The van der Waals surface area contributed by atoms with Gasteiger partial charge in [-0.3, -0.25) is 0 Å². The van der Waals surface area contributed by atoms with Crippen molar-refractivity contribution in [2.75, 3.05) is 33.9 Å². The van der Waals surface area contributed by atoms with E-state index < -0.39 is 0 Å². The van der Waals surface area contributed by atoms with E-state index in [2.05, 4.69) is 27.3 Å². The van der Waals surface area contributed by atoms with Gasteiger partial charge in [0.15, 0.2) is 0 Å². The topological polar surface area (TPSA) is 30.5 Å². The number of nitrogens with one attached hydrogen (secondary N) is 1. The summed E-state index contributed by atoms with van der Waals surface area (Å²) in [6.07, 6.45) is 6.18. The maximum atomic E-state index is 5.20. The predicted octanol–water partition coefficient (Wildman–Crippen LogP) is 3.80. The fourth-order valence-electron chi connectivity index (χ4n) is 2.08. The van der Waals surface area contributed by atoms with Gasteiger partial charge in [-0.05, 0) is 43.5 Å². The van der Waals surface area contributed by atoms with Crippen LogP contribution in [-0.2, 0) is 11.2 Å². The molecule has 1 N–H and O–H groups in total. The van der Waals surface area contributed by atoms with Crippen LogP contribution in [0.1, 0.15) is 31.2 Å². The third-order valence-electron chi connectivity index (χ3n) is 3.29. The van der Waals surface area contributed by atoms with E-state index in [1.54, 1.807) is 14.2 Å². The van der Waals surface area contributed by atoms with Crippen molar-refractivity contribution in [3.05, 3.63) is 28.2 Å². The summed E-state index contributed by atoms with van der Waals surface area (Å²) in [6.45, 7) is 2.84. The lowest BCUT2D eigenvalue weighted by atomic mass is 10.1. The highest BCUT2D eigenvalue weighted by molar-refractivity contribution is 9.10. The number of hydrogen-bond acceptors (Lipinski definition) is 3. The fourth-order valence-corrected chi connectivity index (χ4v) is 2.63. The molecule has 1 rings (SSSR count). The van der Waals surface area contributed by atoms with Crippen LogP contribution >= 0.6 is 15.9 Å². The van der Waals surface area contributed by atoms with Crippen molar-refractivity contribution in [2.45, 2.75) is 32.1 Å². The SMILES string of the molecule is COCCNCCCCCCc1ccc(OC)cc1Br. The molecule has 0 fully saturated rings. The van der Waals surface area contributed by atoms with Crippen molar-refractivity contribution in [3.63, 3.8) is 0 Å². The molecule has 0 spiro atoms. The van der Waals surface area contributed by atoms with Crippen LogP contribution in [0, 0.1) is 0 Å². The Morgan fingerprint density at radius 1 is 1.05 bits per heavy atom. The molecule has 0 aliphatic rings. The Kier molecular flexibility index (Phi) is 9.71. The Morgan fingerprint density at radius 3 is 2.55 bits per heavy atom. The van der Waals surface area contributed by atoms with Crippen LogP contribution in [0.2, 0.25) is 0 Å². The van der Waals surface area contributed by atoms with E-state index in [0.29, 0.717) is 0 Å². The highest BCUT2D eigenvalue weighted by Gasteiger charge is 2.01. The minimum atomic E-state index is 0.797. The lowest BCUT2D eigenvalue weighted by molar-refractivity contribution is 0.199. The van der Waals surface area contributed by atoms with Crippen molar-refractivity contribution >= 4 is 15.9 Å². The summed E-state index contributed by atoms with van der Waals surface area (Å²) in [4.78, 5) is 0. The van der Waals surface area contributed by atoms with Crippen LogP contribution in [0.4, 0.5) is 0 Å². The van der Waals surface area contributed by atoms with Gasteiger partial charge >= 0.3 is 0 Å². The van der Waals surface area contributed by atoms with Crippen LogP contribution in [-0.4, -0.2) is 33.9 Å². The molecule has 4 heteroatoms. The van der Waals surface area contributed by atoms with E-state index in [1.165, 1.54) is 31.2 Å². The Bertz CT molecular complexity index is 371. The molecule has 0 aliphatic heterocycles. The molecule has 0 aromatic heterocycles. The summed E-state index contributed by atoms with van der Waals surface area (Å²) in [5, 5.41) is 3.37. The molecule has 1 aromatic rings. The first-order chi connectivity index (χ1) is 9.77. The van der Waals surface area contributed by atoms with Gasteiger partial charge in [-0.1, -0.05) is 34.8 Å². The van der Waals surface area contributed by atoms with E-state index in [4.69, 9.17) is 9.47 Å². The van der Waals surface area contributed by atoms with Crippen molar-refractivity contribution in [1.82, 2.24) is 5.32 Å². The van der Waals surface area contributed by atoms with E-state index in [9.17, 15) is 0 Å². The number of benzene rings is 1. The molecule has 0 amide bonds. The highest BCUT2D eigenvalue weighted by Crippen LogP contribution is 2.24. The van der Waals surface area contributed by atoms with Crippen molar-refractivity contribution in [3.8, 4) is 5.75 Å². The first-order valence-electron chi connectivity index (χ1n) is 7.30. The van der Waals surface area contributed by atoms with E-state index >= 15 is 0 Å². The van der Waals surface area contributed by atoms with E-state index in [-0.39, 0.29) is 0 Å². The second-order valence-electron chi connectivity index (χ2n) is 4.86. The van der Waals surface area contributed by atoms with Gasteiger partial charge < -0.3 is 14.8 Å². The number of methoxy groups -OCH3 is 2. The standard InChI is InChI=1S/C16H26BrNO2/c1-19-12-11-18-10-6-4-3-5-7-14-8-9-15(20-2)13-16(14)17/h8-9,13,18H,3-7,10-12H2,1-2H3. The normalized spacial score (nSPS) is 10.8. The van der Waals surface area contributed by atoms with Gasteiger partial charge in [-0.2, -0.15) is 0 Å². The molecule has 0 radical (unpaired) electrons. The van der Waals surface area contributed by atoms with Crippen LogP contribution in [0.25, 0.3) is 0 Å². The third kappa shape index (κ3) is 7.27. The molecule has 114 valence electrons. The maximum absolute atomic E-state index is 5.20. The minimum Gasteiger partial charge on any atom is -0.497 e. The summed E-state index contributed by atoms with van der Waals surface area (Å²) in [5.74, 6) is 0.905. The Morgan fingerprint density at radius 2 is 1.85 bits per heavy atom. The summed E-state index contributed by atoms with van der Waals surface area (Å²) in [5.41, 5.74) is 1.36. The maximum Gasteiger partial charge on any atom is 0.120 e. The Balaban J connectivity index is 2.06. The zero-order valence-electron chi connectivity index (χ0n) is 12.6. The summed E-state index contributed by atoms with van der Waals surface area (Å²) >= 11 is 3.60. The van der Waals surface area contributed by atoms with Crippen LogP contribution in [0.5, 0.6) is 5.75 Å². The monoisotopic (exact) mass is 343 g/mol. The van der Waals surface area contributed by atoms with Gasteiger partial charge in [0.05, 0.1) is 13.7 Å².